The highest BCUT2D eigenvalue weighted by molar-refractivity contribution is 7.14. The molecule has 1 aromatic heterocycles. The molecule has 0 radical (unpaired) electrons. The second-order valence-electron chi connectivity index (χ2n) is 5.52. The molecule has 0 atom stereocenters. The van der Waals surface area contributed by atoms with Crippen molar-refractivity contribution in [1.82, 2.24) is 5.32 Å². The van der Waals surface area contributed by atoms with Crippen molar-refractivity contribution in [3.63, 3.8) is 0 Å². The van der Waals surface area contributed by atoms with Crippen LogP contribution in [-0.4, -0.2) is 17.9 Å². The monoisotopic (exact) mass is 316 g/mol. The van der Waals surface area contributed by atoms with Crippen LogP contribution in [-0.2, 0) is 0 Å². The fourth-order valence-corrected chi connectivity index (χ4v) is 2.79. The molecule has 116 valence electrons. The van der Waals surface area contributed by atoms with Gasteiger partial charge in [0.1, 0.15) is 0 Å². The van der Waals surface area contributed by atoms with E-state index in [1.54, 1.807) is 18.2 Å². The Morgan fingerprint density at radius 2 is 1.77 bits per heavy atom. The van der Waals surface area contributed by atoms with E-state index in [-0.39, 0.29) is 17.9 Å². The number of benzene rings is 1. The zero-order valence-corrected chi connectivity index (χ0v) is 14.0. The smallest absolute Gasteiger partial charge is 0.265 e. The molecule has 0 saturated carbocycles. The third-order valence-electron chi connectivity index (χ3n) is 3.12. The Labute approximate surface area is 134 Å². The van der Waals surface area contributed by atoms with Gasteiger partial charge in [0, 0.05) is 22.2 Å². The van der Waals surface area contributed by atoms with Crippen molar-refractivity contribution >= 4 is 28.8 Å². The van der Waals surface area contributed by atoms with Crippen LogP contribution in [0.2, 0.25) is 0 Å². The molecule has 1 aromatic carbocycles. The predicted molar refractivity (Wildman–Crippen MR) is 90.8 cm³/mol. The average Bonchev–Trinajstić information content (AvgIpc) is 2.87. The van der Waals surface area contributed by atoms with Gasteiger partial charge in [-0.25, -0.2) is 0 Å². The highest BCUT2D eigenvalue weighted by Crippen LogP contribution is 2.20. The van der Waals surface area contributed by atoms with E-state index in [9.17, 15) is 9.59 Å². The summed E-state index contributed by atoms with van der Waals surface area (Å²) in [5, 5.41) is 5.74. The zero-order valence-electron chi connectivity index (χ0n) is 13.2. The molecule has 0 bridgehead atoms. The molecule has 0 fully saturated rings. The summed E-state index contributed by atoms with van der Waals surface area (Å²) >= 11 is 1.46. The van der Waals surface area contributed by atoms with Gasteiger partial charge in [0.25, 0.3) is 11.8 Å². The number of carbonyl (C=O) groups is 2. The Kier molecular flexibility index (Phi) is 4.98. The first kappa shape index (κ1) is 16.2. The van der Waals surface area contributed by atoms with Crippen LogP contribution in [0.3, 0.4) is 0 Å². The molecule has 0 aliphatic rings. The second-order valence-corrected chi connectivity index (χ2v) is 6.81. The molecule has 2 N–H and O–H groups in total. The van der Waals surface area contributed by atoms with Crippen LogP contribution in [0.5, 0.6) is 0 Å². The van der Waals surface area contributed by atoms with E-state index >= 15 is 0 Å². The molecule has 4 nitrogen and oxygen atoms in total. The molecule has 0 unspecified atom stereocenters. The largest absolute Gasteiger partial charge is 0.350 e. The first-order valence-corrected chi connectivity index (χ1v) is 7.98. The van der Waals surface area contributed by atoms with Gasteiger partial charge < -0.3 is 10.6 Å². The number of nitrogens with one attached hydrogen (secondary N) is 2. The van der Waals surface area contributed by atoms with Gasteiger partial charge in [-0.05, 0) is 63.6 Å². The summed E-state index contributed by atoms with van der Waals surface area (Å²) in [4.78, 5) is 25.9. The van der Waals surface area contributed by atoms with Crippen molar-refractivity contribution in [2.24, 2.45) is 0 Å². The van der Waals surface area contributed by atoms with Crippen molar-refractivity contribution in [2.75, 3.05) is 5.32 Å². The molecule has 2 rings (SSSR count). The number of aryl methyl sites for hydroxylation is 2. The minimum Gasteiger partial charge on any atom is -0.350 e. The van der Waals surface area contributed by atoms with Crippen molar-refractivity contribution in [1.29, 1.82) is 0 Å². The van der Waals surface area contributed by atoms with Gasteiger partial charge in [-0.2, -0.15) is 0 Å². The van der Waals surface area contributed by atoms with E-state index in [2.05, 4.69) is 10.6 Å². The Morgan fingerprint density at radius 3 is 2.32 bits per heavy atom. The quantitative estimate of drug-likeness (QED) is 0.902. The van der Waals surface area contributed by atoms with Crippen LogP contribution in [0.4, 0.5) is 5.69 Å². The SMILES string of the molecule is Cc1ccc(C(=O)Nc2ccc(C(=O)NC(C)C)cc2C)s1. The van der Waals surface area contributed by atoms with Gasteiger partial charge in [0.05, 0.1) is 4.88 Å². The lowest BCUT2D eigenvalue weighted by Crippen LogP contribution is -2.30. The minimum atomic E-state index is -0.124. The number of thiophene rings is 1. The molecule has 0 aliphatic heterocycles. The lowest BCUT2D eigenvalue weighted by atomic mass is 10.1. The number of carbonyl (C=O) groups excluding carboxylic acids is 2. The summed E-state index contributed by atoms with van der Waals surface area (Å²) < 4.78 is 0. The fourth-order valence-electron chi connectivity index (χ4n) is 2.03. The summed E-state index contributed by atoms with van der Waals surface area (Å²) in [7, 11) is 0. The molecule has 1 heterocycles. The van der Waals surface area contributed by atoms with Gasteiger partial charge in [-0.15, -0.1) is 11.3 Å². The van der Waals surface area contributed by atoms with Crippen LogP contribution in [0, 0.1) is 13.8 Å². The predicted octanol–water partition coefficient (Wildman–Crippen LogP) is 3.76. The maximum absolute atomic E-state index is 12.2. The van der Waals surface area contributed by atoms with E-state index in [0.717, 1.165) is 16.1 Å². The van der Waals surface area contributed by atoms with E-state index in [0.29, 0.717) is 10.4 Å². The van der Waals surface area contributed by atoms with Crippen LogP contribution >= 0.6 is 11.3 Å². The summed E-state index contributed by atoms with van der Waals surface area (Å²) in [5.41, 5.74) is 2.17. The highest BCUT2D eigenvalue weighted by Gasteiger charge is 2.12. The van der Waals surface area contributed by atoms with Crippen LogP contribution in [0.15, 0.2) is 30.3 Å². The van der Waals surface area contributed by atoms with E-state index in [1.807, 2.05) is 39.8 Å². The molecular weight excluding hydrogens is 296 g/mol. The van der Waals surface area contributed by atoms with E-state index < -0.39 is 0 Å². The molecule has 22 heavy (non-hydrogen) atoms. The number of hydrogen-bond acceptors (Lipinski definition) is 3. The van der Waals surface area contributed by atoms with Gasteiger partial charge in [0.15, 0.2) is 0 Å². The third kappa shape index (κ3) is 3.95. The first-order chi connectivity index (χ1) is 10.4. The highest BCUT2D eigenvalue weighted by atomic mass is 32.1. The third-order valence-corrected chi connectivity index (χ3v) is 4.12. The first-order valence-electron chi connectivity index (χ1n) is 7.16. The number of hydrogen-bond donors (Lipinski definition) is 2. The van der Waals surface area contributed by atoms with Crippen LogP contribution < -0.4 is 10.6 Å². The van der Waals surface area contributed by atoms with Crippen molar-refractivity contribution in [3.05, 3.63) is 51.2 Å². The Bertz CT molecular complexity index is 704. The number of rotatable bonds is 4. The van der Waals surface area contributed by atoms with Gasteiger partial charge in [-0.3, -0.25) is 9.59 Å². The van der Waals surface area contributed by atoms with Crippen molar-refractivity contribution in [3.8, 4) is 0 Å². The zero-order chi connectivity index (χ0) is 16.3. The van der Waals surface area contributed by atoms with Crippen molar-refractivity contribution in [2.45, 2.75) is 33.7 Å². The maximum atomic E-state index is 12.2. The van der Waals surface area contributed by atoms with Crippen LogP contribution in [0.1, 0.15) is 44.3 Å². The summed E-state index contributed by atoms with van der Waals surface area (Å²) in [6.45, 7) is 7.68. The number of anilines is 1. The Hall–Kier alpha value is -2.14. The number of amides is 2. The summed E-state index contributed by atoms with van der Waals surface area (Å²) in [6, 6.07) is 9.10. The lowest BCUT2D eigenvalue weighted by molar-refractivity contribution is 0.0942. The maximum Gasteiger partial charge on any atom is 0.265 e. The minimum absolute atomic E-state index is 0.0919. The summed E-state index contributed by atoms with van der Waals surface area (Å²) in [6.07, 6.45) is 0. The summed E-state index contributed by atoms with van der Waals surface area (Å²) in [5.74, 6) is -0.231. The standard InChI is InChI=1S/C17H20N2O2S/c1-10(2)18-16(20)13-6-7-14(11(3)9-13)19-17(21)15-8-5-12(4)22-15/h5-10H,1-4H3,(H,18,20)(H,19,21). The van der Waals surface area contributed by atoms with Crippen molar-refractivity contribution < 1.29 is 9.59 Å². The molecule has 2 amide bonds. The molecular formula is C17H20N2O2S. The van der Waals surface area contributed by atoms with E-state index in [4.69, 9.17) is 0 Å². The topological polar surface area (TPSA) is 58.2 Å². The molecule has 5 heteroatoms. The van der Waals surface area contributed by atoms with E-state index in [1.165, 1.54) is 11.3 Å². The molecule has 2 aromatic rings. The fraction of sp³-hybridized carbons (Fsp3) is 0.294. The van der Waals surface area contributed by atoms with Crippen LogP contribution in [0.25, 0.3) is 0 Å². The molecule has 0 saturated heterocycles. The second kappa shape index (κ2) is 6.75. The van der Waals surface area contributed by atoms with Gasteiger partial charge >= 0.3 is 0 Å². The normalized spacial score (nSPS) is 10.6. The Morgan fingerprint density at radius 1 is 1.05 bits per heavy atom. The van der Waals surface area contributed by atoms with Gasteiger partial charge in [0.2, 0.25) is 0 Å². The molecule has 0 aliphatic carbocycles. The average molecular weight is 316 g/mol. The lowest BCUT2D eigenvalue weighted by Gasteiger charge is -2.11. The Balaban J connectivity index is 2.13. The molecule has 0 spiro atoms. The van der Waals surface area contributed by atoms with Gasteiger partial charge in [-0.1, -0.05) is 0 Å².